The molecule has 2 rings (SSSR count). The first-order valence-electron chi connectivity index (χ1n) is 3.65. The minimum Gasteiger partial charge on any atom is -0.389 e. The smallest absolute Gasteiger partial charge is 0.234 e. The van der Waals surface area contributed by atoms with Crippen molar-refractivity contribution >= 4 is 16.3 Å². The number of ether oxygens (including phenoxy) is 1. The summed E-state index contributed by atoms with van der Waals surface area (Å²) in [6.07, 6.45) is 0. The summed E-state index contributed by atoms with van der Waals surface area (Å²) in [4.78, 5) is 0.677. The lowest BCUT2D eigenvalue weighted by molar-refractivity contribution is 0.175. The Morgan fingerprint density at radius 1 is 1.54 bits per heavy atom. The van der Waals surface area contributed by atoms with Crippen LogP contribution in [-0.2, 0) is 18.0 Å². The maximum absolute atomic E-state index is 8.83. The summed E-state index contributed by atoms with van der Waals surface area (Å²) in [5, 5.41) is 21.3. The van der Waals surface area contributed by atoms with Gasteiger partial charge in [0.05, 0.1) is 6.61 Å². The lowest BCUT2D eigenvalue weighted by Crippen LogP contribution is -1.98. The molecule has 0 radical (unpaired) electrons. The number of aliphatic hydroxyl groups excluding tert-OH is 1. The molecule has 6 nitrogen and oxygen atoms in total. The molecular formula is C6H8N4O2S. The molecule has 70 valence electrons. The largest absolute Gasteiger partial charge is 0.389 e. The van der Waals surface area contributed by atoms with Crippen LogP contribution in [0.5, 0.6) is 0 Å². The van der Waals surface area contributed by atoms with Gasteiger partial charge in [0.1, 0.15) is 11.6 Å². The number of methoxy groups -OCH3 is 1. The molecule has 13 heavy (non-hydrogen) atoms. The van der Waals surface area contributed by atoms with Gasteiger partial charge < -0.3 is 9.84 Å². The maximum Gasteiger partial charge on any atom is 0.234 e. The molecule has 0 aromatic carbocycles. The quantitative estimate of drug-likeness (QED) is 0.744. The van der Waals surface area contributed by atoms with E-state index >= 15 is 0 Å². The van der Waals surface area contributed by atoms with Crippen molar-refractivity contribution in [1.82, 2.24) is 19.8 Å². The Morgan fingerprint density at radius 3 is 3.08 bits per heavy atom. The highest BCUT2D eigenvalue weighted by Crippen LogP contribution is 2.13. The van der Waals surface area contributed by atoms with E-state index in [9.17, 15) is 0 Å². The first-order valence-corrected chi connectivity index (χ1v) is 4.46. The minimum absolute atomic E-state index is 0.0690. The van der Waals surface area contributed by atoms with E-state index < -0.39 is 0 Å². The van der Waals surface area contributed by atoms with Crippen LogP contribution in [0.2, 0.25) is 0 Å². The van der Waals surface area contributed by atoms with Crippen molar-refractivity contribution in [3.05, 3.63) is 10.8 Å². The molecule has 0 spiro atoms. The first-order chi connectivity index (χ1) is 6.35. The minimum atomic E-state index is -0.0690. The molecule has 0 bridgehead atoms. The zero-order chi connectivity index (χ0) is 9.26. The van der Waals surface area contributed by atoms with Crippen LogP contribution in [0.25, 0.3) is 4.96 Å². The average molecular weight is 200 g/mol. The summed E-state index contributed by atoms with van der Waals surface area (Å²) in [6, 6.07) is 0. The van der Waals surface area contributed by atoms with Crippen LogP contribution in [0.3, 0.4) is 0 Å². The average Bonchev–Trinajstić information content (AvgIpc) is 2.67. The molecule has 0 fully saturated rings. The third kappa shape index (κ3) is 1.41. The third-order valence-electron chi connectivity index (χ3n) is 1.51. The number of nitrogens with zero attached hydrogens (tertiary/aromatic N) is 4. The monoisotopic (exact) mass is 200 g/mol. The van der Waals surface area contributed by atoms with Gasteiger partial charge in [-0.05, 0) is 0 Å². The lowest BCUT2D eigenvalue weighted by Gasteiger charge is -1.91. The van der Waals surface area contributed by atoms with Crippen molar-refractivity contribution in [3.8, 4) is 0 Å². The zero-order valence-corrected chi connectivity index (χ0v) is 7.78. The molecule has 2 heterocycles. The zero-order valence-electron chi connectivity index (χ0n) is 6.97. The van der Waals surface area contributed by atoms with Gasteiger partial charge in [-0.25, -0.2) is 0 Å². The van der Waals surface area contributed by atoms with Crippen molar-refractivity contribution in [2.75, 3.05) is 7.11 Å². The van der Waals surface area contributed by atoms with Crippen LogP contribution < -0.4 is 0 Å². The molecule has 0 amide bonds. The highest BCUT2D eigenvalue weighted by atomic mass is 32.1. The first kappa shape index (κ1) is 8.54. The van der Waals surface area contributed by atoms with E-state index in [-0.39, 0.29) is 6.61 Å². The molecule has 0 aliphatic rings. The van der Waals surface area contributed by atoms with Crippen molar-refractivity contribution in [1.29, 1.82) is 0 Å². The van der Waals surface area contributed by atoms with Crippen molar-refractivity contribution in [3.63, 3.8) is 0 Å². The van der Waals surface area contributed by atoms with Crippen LogP contribution in [0.15, 0.2) is 0 Å². The van der Waals surface area contributed by atoms with E-state index in [1.54, 1.807) is 11.6 Å². The summed E-state index contributed by atoms with van der Waals surface area (Å²) in [5.41, 5.74) is 0. The van der Waals surface area contributed by atoms with Crippen molar-refractivity contribution in [2.24, 2.45) is 0 Å². The highest BCUT2D eigenvalue weighted by Gasteiger charge is 2.09. The SMILES string of the molecule is COCc1nnc2sc(CO)nn12. The van der Waals surface area contributed by atoms with E-state index in [2.05, 4.69) is 15.3 Å². The predicted molar refractivity (Wildman–Crippen MR) is 45.3 cm³/mol. The summed E-state index contributed by atoms with van der Waals surface area (Å²) >= 11 is 1.32. The van der Waals surface area contributed by atoms with Crippen molar-refractivity contribution in [2.45, 2.75) is 13.2 Å². The molecule has 7 heteroatoms. The fraction of sp³-hybridized carbons (Fsp3) is 0.500. The molecule has 1 N–H and O–H groups in total. The van der Waals surface area contributed by atoms with Gasteiger partial charge in [-0.15, -0.1) is 10.2 Å². The topological polar surface area (TPSA) is 72.5 Å². The molecule has 0 saturated heterocycles. The van der Waals surface area contributed by atoms with Crippen LogP contribution >= 0.6 is 11.3 Å². The van der Waals surface area contributed by atoms with Crippen LogP contribution in [-0.4, -0.2) is 32.0 Å². The molecule has 0 aliphatic heterocycles. The summed E-state index contributed by atoms with van der Waals surface area (Å²) in [5.74, 6) is 0.647. The van der Waals surface area contributed by atoms with Gasteiger partial charge in [-0.2, -0.15) is 9.61 Å². The fourth-order valence-corrected chi connectivity index (χ4v) is 1.69. The normalized spacial score (nSPS) is 11.2. The Hall–Kier alpha value is -1.05. The van der Waals surface area contributed by atoms with Gasteiger partial charge in [0.15, 0.2) is 5.82 Å². The molecular weight excluding hydrogens is 192 g/mol. The number of rotatable bonds is 3. The Kier molecular flexibility index (Phi) is 2.21. The van der Waals surface area contributed by atoms with E-state index in [0.29, 0.717) is 22.4 Å². The standard InChI is InChI=1S/C6H8N4O2S/c1-12-3-4-7-8-6-10(4)9-5(2-11)13-6/h11H,2-3H2,1H3. The van der Waals surface area contributed by atoms with Gasteiger partial charge in [0.2, 0.25) is 4.96 Å². The lowest BCUT2D eigenvalue weighted by atomic mass is 10.7. The second-order valence-electron chi connectivity index (χ2n) is 2.40. The Labute approximate surface area is 77.8 Å². The maximum atomic E-state index is 8.83. The number of hydrogen-bond donors (Lipinski definition) is 1. The molecule has 0 unspecified atom stereocenters. The highest BCUT2D eigenvalue weighted by molar-refractivity contribution is 7.16. The Bertz CT molecular complexity index is 410. The molecule has 2 aromatic rings. The third-order valence-corrected chi connectivity index (χ3v) is 2.39. The van der Waals surface area contributed by atoms with Gasteiger partial charge in [-0.1, -0.05) is 11.3 Å². The second-order valence-corrected chi connectivity index (χ2v) is 3.44. The molecule has 0 saturated carbocycles. The summed E-state index contributed by atoms with van der Waals surface area (Å²) < 4.78 is 6.50. The van der Waals surface area contributed by atoms with Gasteiger partial charge in [-0.3, -0.25) is 0 Å². The fourth-order valence-electron chi connectivity index (χ4n) is 0.980. The van der Waals surface area contributed by atoms with Crippen molar-refractivity contribution < 1.29 is 9.84 Å². The number of hydrogen-bond acceptors (Lipinski definition) is 6. The molecule has 0 aliphatic carbocycles. The predicted octanol–water partition coefficient (Wildman–Crippen LogP) is -0.175. The van der Waals surface area contributed by atoms with Crippen LogP contribution in [0.4, 0.5) is 0 Å². The van der Waals surface area contributed by atoms with E-state index in [1.807, 2.05) is 0 Å². The Morgan fingerprint density at radius 2 is 2.38 bits per heavy atom. The van der Waals surface area contributed by atoms with Gasteiger partial charge >= 0.3 is 0 Å². The summed E-state index contributed by atoms with van der Waals surface area (Å²) in [6.45, 7) is 0.302. The van der Waals surface area contributed by atoms with Gasteiger partial charge in [0, 0.05) is 7.11 Å². The number of aromatic nitrogens is 4. The van der Waals surface area contributed by atoms with E-state index in [4.69, 9.17) is 9.84 Å². The van der Waals surface area contributed by atoms with E-state index in [0.717, 1.165) is 0 Å². The molecule has 2 aromatic heterocycles. The summed E-state index contributed by atoms with van der Waals surface area (Å²) in [7, 11) is 1.58. The number of aliphatic hydroxyl groups is 1. The Balaban J connectivity index is 2.46. The number of fused-ring (bicyclic) bond motifs is 1. The van der Waals surface area contributed by atoms with Crippen LogP contribution in [0, 0.1) is 0 Å². The molecule has 0 atom stereocenters. The van der Waals surface area contributed by atoms with Crippen LogP contribution in [0.1, 0.15) is 10.8 Å². The van der Waals surface area contributed by atoms with E-state index in [1.165, 1.54) is 11.3 Å². The second kappa shape index (κ2) is 3.36. The van der Waals surface area contributed by atoms with Gasteiger partial charge in [0.25, 0.3) is 0 Å².